The molecule has 17 heavy (non-hydrogen) atoms. The molecule has 2 aromatic carbocycles. The van der Waals surface area contributed by atoms with Crippen LogP contribution in [0.4, 0.5) is 30.2 Å². The van der Waals surface area contributed by atoms with Crippen LogP contribution in [0.3, 0.4) is 0 Å². The van der Waals surface area contributed by atoms with Crippen LogP contribution in [0.5, 0.6) is 0 Å². The molecular formula is C12H9F3N2. The van der Waals surface area contributed by atoms with Crippen molar-refractivity contribution >= 4 is 17.1 Å². The van der Waals surface area contributed by atoms with Crippen LogP contribution in [0.1, 0.15) is 0 Å². The second-order valence-corrected chi connectivity index (χ2v) is 3.52. The first-order valence-electron chi connectivity index (χ1n) is 4.83. The van der Waals surface area contributed by atoms with E-state index in [0.717, 1.165) is 30.3 Å². The van der Waals surface area contributed by atoms with Crippen LogP contribution in [0.15, 0.2) is 36.4 Å². The van der Waals surface area contributed by atoms with Gasteiger partial charge in [0.15, 0.2) is 0 Å². The zero-order valence-corrected chi connectivity index (χ0v) is 8.68. The zero-order chi connectivity index (χ0) is 12.4. The third kappa shape index (κ3) is 2.69. The van der Waals surface area contributed by atoms with Crippen LogP contribution in [0.2, 0.25) is 0 Å². The van der Waals surface area contributed by atoms with Gasteiger partial charge < -0.3 is 11.1 Å². The number of hydrogen-bond acceptors (Lipinski definition) is 2. The molecule has 0 bridgehead atoms. The fourth-order valence-corrected chi connectivity index (χ4v) is 1.43. The molecule has 0 aromatic heterocycles. The lowest BCUT2D eigenvalue weighted by molar-refractivity contribution is 0.603. The molecule has 0 aliphatic carbocycles. The molecule has 5 heteroatoms. The van der Waals surface area contributed by atoms with E-state index >= 15 is 0 Å². The summed E-state index contributed by atoms with van der Waals surface area (Å²) in [5.41, 5.74) is 5.81. The van der Waals surface area contributed by atoms with Crippen molar-refractivity contribution in [1.82, 2.24) is 0 Å². The number of rotatable bonds is 2. The van der Waals surface area contributed by atoms with Crippen LogP contribution in [-0.4, -0.2) is 0 Å². The molecule has 3 N–H and O–H groups in total. The lowest BCUT2D eigenvalue weighted by Gasteiger charge is -2.08. The third-order valence-electron chi connectivity index (χ3n) is 2.13. The summed E-state index contributed by atoms with van der Waals surface area (Å²) in [5, 5.41) is 2.56. The van der Waals surface area contributed by atoms with Gasteiger partial charge in [0.2, 0.25) is 0 Å². The van der Waals surface area contributed by atoms with E-state index in [0.29, 0.717) is 0 Å². The number of nitrogens with one attached hydrogen (secondary N) is 1. The summed E-state index contributed by atoms with van der Waals surface area (Å²) in [6.07, 6.45) is 0. The standard InChI is InChI=1S/C12H9F3N2/c13-7-1-2-11(15)12(5-7)17-10-4-8(14)3-9(16)6-10/h1-6,17H,16H2. The van der Waals surface area contributed by atoms with Crippen LogP contribution in [0, 0.1) is 17.5 Å². The van der Waals surface area contributed by atoms with Gasteiger partial charge in [0.1, 0.15) is 17.5 Å². The average molecular weight is 238 g/mol. The average Bonchev–Trinajstić information content (AvgIpc) is 2.22. The first-order chi connectivity index (χ1) is 8.04. The Morgan fingerprint density at radius 3 is 2.35 bits per heavy atom. The molecule has 0 aliphatic heterocycles. The van der Waals surface area contributed by atoms with Gasteiger partial charge in [-0.15, -0.1) is 0 Å². The molecule has 0 unspecified atom stereocenters. The largest absolute Gasteiger partial charge is 0.399 e. The van der Waals surface area contributed by atoms with Crippen LogP contribution in [-0.2, 0) is 0 Å². The van der Waals surface area contributed by atoms with Gasteiger partial charge in [0.25, 0.3) is 0 Å². The Labute approximate surface area is 95.9 Å². The van der Waals surface area contributed by atoms with Crippen molar-refractivity contribution in [3.05, 3.63) is 53.8 Å². The molecule has 0 spiro atoms. The predicted molar refractivity (Wildman–Crippen MR) is 60.5 cm³/mol. The summed E-state index contributed by atoms with van der Waals surface area (Å²) in [7, 11) is 0. The van der Waals surface area contributed by atoms with Gasteiger partial charge in [0, 0.05) is 17.4 Å². The smallest absolute Gasteiger partial charge is 0.146 e. The molecule has 0 fully saturated rings. The normalized spacial score (nSPS) is 10.3. The van der Waals surface area contributed by atoms with Crippen molar-refractivity contribution in [1.29, 1.82) is 0 Å². The number of halogens is 3. The number of nitrogens with two attached hydrogens (primary N) is 1. The first kappa shape index (κ1) is 11.3. The van der Waals surface area contributed by atoms with Crippen molar-refractivity contribution in [2.24, 2.45) is 0 Å². The van der Waals surface area contributed by atoms with Crippen LogP contribution in [0.25, 0.3) is 0 Å². The fraction of sp³-hybridized carbons (Fsp3) is 0. The lowest BCUT2D eigenvalue weighted by Crippen LogP contribution is -1.97. The Morgan fingerprint density at radius 2 is 1.65 bits per heavy atom. The van der Waals surface area contributed by atoms with E-state index in [2.05, 4.69) is 5.32 Å². The zero-order valence-electron chi connectivity index (χ0n) is 8.68. The number of nitrogen functional groups attached to an aromatic ring is 1. The van der Waals surface area contributed by atoms with Crippen molar-refractivity contribution in [3.8, 4) is 0 Å². The van der Waals surface area contributed by atoms with Gasteiger partial charge in [-0.3, -0.25) is 0 Å². The summed E-state index contributed by atoms with van der Waals surface area (Å²) < 4.78 is 39.2. The second kappa shape index (κ2) is 4.37. The molecule has 0 saturated heterocycles. The van der Waals surface area contributed by atoms with Gasteiger partial charge >= 0.3 is 0 Å². The minimum atomic E-state index is -0.630. The molecule has 0 radical (unpaired) electrons. The maximum atomic E-state index is 13.3. The van der Waals surface area contributed by atoms with Crippen LogP contribution < -0.4 is 11.1 Å². The van der Waals surface area contributed by atoms with E-state index in [-0.39, 0.29) is 17.1 Å². The van der Waals surface area contributed by atoms with Crippen molar-refractivity contribution in [2.45, 2.75) is 0 Å². The van der Waals surface area contributed by atoms with Gasteiger partial charge in [-0.25, -0.2) is 13.2 Å². The minimum Gasteiger partial charge on any atom is -0.399 e. The topological polar surface area (TPSA) is 38.0 Å². The molecule has 0 amide bonds. The summed E-state index contributed by atoms with van der Waals surface area (Å²) in [6, 6.07) is 6.67. The molecule has 2 rings (SSSR count). The van der Waals surface area contributed by atoms with E-state index in [1.807, 2.05) is 0 Å². The summed E-state index contributed by atoms with van der Waals surface area (Å²) in [4.78, 5) is 0. The molecule has 2 aromatic rings. The Kier molecular flexibility index (Phi) is 2.91. The van der Waals surface area contributed by atoms with Gasteiger partial charge in [-0.1, -0.05) is 0 Å². The molecule has 0 aliphatic rings. The SMILES string of the molecule is Nc1cc(F)cc(Nc2cc(F)ccc2F)c1. The van der Waals surface area contributed by atoms with E-state index in [9.17, 15) is 13.2 Å². The highest BCUT2D eigenvalue weighted by atomic mass is 19.1. The Bertz CT molecular complexity index is 535. The van der Waals surface area contributed by atoms with E-state index in [4.69, 9.17) is 5.73 Å². The Balaban J connectivity index is 2.34. The third-order valence-corrected chi connectivity index (χ3v) is 2.13. The maximum Gasteiger partial charge on any atom is 0.146 e. The van der Waals surface area contributed by atoms with E-state index in [1.54, 1.807) is 0 Å². The molecule has 0 atom stereocenters. The van der Waals surface area contributed by atoms with Gasteiger partial charge in [0.05, 0.1) is 5.69 Å². The maximum absolute atomic E-state index is 13.3. The first-order valence-corrected chi connectivity index (χ1v) is 4.83. The van der Waals surface area contributed by atoms with Crippen molar-refractivity contribution in [3.63, 3.8) is 0 Å². The molecular weight excluding hydrogens is 229 g/mol. The second-order valence-electron chi connectivity index (χ2n) is 3.52. The minimum absolute atomic E-state index is 0.0741. The lowest BCUT2D eigenvalue weighted by atomic mass is 10.2. The quantitative estimate of drug-likeness (QED) is 0.786. The van der Waals surface area contributed by atoms with Crippen molar-refractivity contribution in [2.75, 3.05) is 11.1 Å². The summed E-state index contributed by atoms with van der Waals surface area (Å²) >= 11 is 0. The monoisotopic (exact) mass is 238 g/mol. The van der Waals surface area contributed by atoms with E-state index in [1.165, 1.54) is 6.07 Å². The van der Waals surface area contributed by atoms with E-state index < -0.39 is 17.5 Å². The van der Waals surface area contributed by atoms with Gasteiger partial charge in [-0.05, 0) is 30.3 Å². The van der Waals surface area contributed by atoms with Gasteiger partial charge in [-0.2, -0.15) is 0 Å². The fourth-order valence-electron chi connectivity index (χ4n) is 1.43. The highest BCUT2D eigenvalue weighted by Gasteiger charge is 2.05. The predicted octanol–water partition coefficient (Wildman–Crippen LogP) is 3.43. The summed E-state index contributed by atoms with van der Waals surface area (Å²) in [6.45, 7) is 0. The molecule has 0 heterocycles. The Hall–Kier alpha value is -2.17. The number of hydrogen-bond donors (Lipinski definition) is 2. The highest BCUT2D eigenvalue weighted by Crippen LogP contribution is 2.23. The highest BCUT2D eigenvalue weighted by molar-refractivity contribution is 5.64. The van der Waals surface area contributed by atoms with Crippen molar-refractivity contribution < 1.29 is 13.2 Å². The molecule has 0 saturated carbocycles. The summed E-state index contributed by atoms with van der Waals surface area (Å²) in [5.74, 6) is -1.77. The number of anilines is 3. The molecule has 88 valence electrons. The van der Waals surface area contributed by atoms with Crippen LogP contribution >= 0.6 is 0 Å². The molecule has 2 nitrogen and oxygen atoms in total. The Morgan fingerprint density at radius 1 is 0.882 bits per heavy atom. The number of benzene rings is 2.